The van der Waals surface area contributed by atoms with Gasteiger partial charge >= 0.3 is 6.61 Å². The van der Waals surface area contributed by atoms with Crippen LogP contribution in [0.4, 0.5) is 8.78 Å². The molecule has 2 rings (SSSR count). The van der Waals surface area contributed by atoms with E-state index in [-0.39, 0.29) is 16.6 Å². The molecule has 28 heavy (non-hydrogen) atoms. The molecule has 150 valence electrons. The number of hydrogen-bond acceptors (Lipinski definition) is 5. The molecular weight excluding hydrogens is 388 g/mol. The van der Waals surface area contributed by atoms with Crippen molar-refractivity contribution < 1.29 is 23.0 Å². The highest BCUT2D eigenvalue weighted by Crippen LogP contribution is 2.31. The fourth-order valence-corrected chi connectivity index (χ4v) is 2.37. The number of ether oxygens (including phenoxy) is 3. The van der Waals surface area contributed by atoms with Gasteiger partial charge in [0.15, 0.2) is 16.6 Å². The first kappa shape index (κ1) is 21.4. The molecule has 0 spiro atoms. The molecule has 0 saturated carbocycles. The van der Waals surface area contributed by atoms with Crippen LogP contribution in [-0.2, 0) is 6.54 Å². The number of nitrogens with one attached hydrogen (secondary N) is 2. The van der Waals surface area contributed by atoms with Crippen LogP contribution in [0.1, 0.15) is 18.1 Å². The van der Waals surface area contributed by atoms with Crippen LogP contribution in [0.25, 0.3) is 0 Å². The lowest BCUT2D eigenvalue weighted by Gasteiger charge is -2.13. The summed E-state index contributed by atoms with van der Waals surface area (Å²) < 4.78 is 40.4. The van der Waals surface area contributed by atoms with Crippen LogP contribution < -0.4 is 25.0 Å². The second kappa shape index (κ2) is 11.0. The quantitative estimate of drug-likeness (QED) is 0.374. The Morgan fingerprint density at radius 2 is 1.96 bits per heavy atom. The number of methoxy groups -OCH3 is 1. The fourth-order valence-electron chi connectivity index (χ4n) is 2.24. The molecule has 2 aromatic carbocycles. The third kappa shape index (κ3) is 6.66. The van der Waals surface area contributed by atoms with Gasteiger partial charge in [0.1, 0.15) is 5.75 Å². The summed E-state index contributed by atoms with van der Waals surface area (Å²) in [5.74, 6) is 0.902. The predicted molar refractivity (Wildman–Crippen MR) is 107 cm³/mol. The first-order valence-electron chi connectivity index (χ1n) is 8.44. The number of hydrazone groups is 1. The topological polar surface area (TPSA) is 64.1 Å². The molecule has 0 aliphatic carbocycles. The monoisotopic (exact) mass is 409 g/mol. The average Bonchev–Trinajstić information content (AvgIpc) is 2.69. The molecule has 0 bridgehead atoms. The summed E-state index contributed by atoms with van der Waals surface area (Å²) in [6.07, 6.45) is 1.33. The van der Waals surface area contributed by atoms with E-state index in [1.54, 1.807) is 32.2 Å². The molecule has 0 saturated heterocycles. The van der Waals surface area contributed by atoms with E-state index >= 15 is 0 Å². The summed E-state index contributed by atoms with van der Waals surface area (Å²) >= 11 is 5.15. The molecule has 0 atom stereocenters. The van der Waals surface area contributed by atoms with E-state index in [2.05, 4.69) is 20.6 Å². The highest BCUT2D eigenvalue weighted by Gasteiger charge is 2.14. The van der Waals surface area contributed by atoms with E-state index in [1.165, 1.54) is 6.21 Å². The number of hydrogen-bond donors (Lipinski definition) is 2. The van der Waals surface area contributed by atoms with Crippen molar-refractivity contribution in [3.05, 3.63) is 53.6 Å². The standard InChI is InChI=1S/C19H21F2N3O3S/c1-3-26-16-6-4-5-14(17(16)27-18(20)21)12-23-24-19(28)22-11-13-7-9-15(25-2)10-8-13/h4-10,12,18H,3,11H2,1-2H3,(H2,22,24,28)/b23-12-. The first-order chi connectivity index (χ1) is 13.5. The molecular formula is C19H21F2N3O3S. The van der Waals surface area contributed by atoms with Gasteiger partial charge in [-0.1, -0.05) is 18.2 Å². The van der Waals surface area contributed by atoms with Crippen LogP contribution in [-0.4, -0.2) is 31.7 Å². The molecule has 0 aromatic heterocycles. The average molecular weight is 409 g/mol. The van der Waals surface area contributed by atoms with E-state index in [1.807, 2.05) is 24.3 Å². The Hall–Kier alpha value is -2.94. The van der Waals surface area contributed by atoms with Crippen molar-refractivity contribution >= 4 is 23.5 Å². The minimum atomic E-state index is -2.98. The van der Waals surface area contributed by atoms with Crippen molar-refractivity contribution in [2.24, 2.45) is 5.10 Å². The van der Waals surface area contributed by atoms with Gasteiger partial charge in [-0.3, -0.25) is 5.43 Å². The summed E-state index contributed by atoms with van der Waals surface area (Å²) in [5, 5.41) is 7.24. The Bertz CT molecular complexity index is 802. The van der Waals surface area contributed by atoms with E-state index in [9.17, 15) is 8.78 Å². The normalized spacial score (nSPS) is 10.8. The minimum absolute atomic E-state index is 0.0815. The Morgan fingerprint density at radius 3 is 2.61 bits per heavy atom. The van der Waals surface area contributed by atoms with Gasteiger partial charge in [-0.2, -0.15) is 13.9 Å². The van der Waals surface area contributed by atoms with E-state index in [4.69, 9.17) is 21.7 Å². The Morgan fingerprint density at radius 1 is 1.21 bits per heavy atom. The number of benzene rings is 2. The zero-order valence-electron chi connectivity index (χ0n) is 15.4. The van der Waals surface area contributed by atoms with Gasteiger partial charge in [0.25, 0.3) is 0 Å². The van der Waals surface area contributed by atoms with Gasteiger partial charge in [-0.15, -0.1) is 0 Å². The third-order valence-corrected chi connectivity index (χ3v) is 3.73. The lowest BCUT2D eigenvalue weighted by Crippen LogP contribution is -2.31. The van der Waals surface area contributed by atoms with Crippen LogP contribution in [0.5, 0.6) is 17.2 Å². The zero-order valence-corrected chi connectivity index (χ0v) is 16.3. The molecule has 0 aliphatic heterocycles. The SMILES string of the molecule is CCOc1cccc(/C=N\NC(=S)NCc2ccc(OC)cc2)c1OC(F)F. The van der Waals surface area contributed by atoms with Gasteiger partial charge in [0.2, 0.25) is 0 Å². The number of halogens is 2. The van der Waals surface area contributed by atoms with Crippen LogP contribution in [0, 0.1) is 0 Å². The summed E-state index contributed by atoms with van der Waals surface area (Å²) in [6, 6.07) is 12.3. The largest absolute Gasteiger partial charge is 0.497 e. The Kier molecular flexibility index (Phi) is 8.41. The number of alkyl halides is 2. The molecule has 6 nitrogen and oxygen atoms in total. The molecule has 2 aromatic rings. The highest BCUT2D eigenvalue weighted by atomic mass is 32.1. The van der Waals surface area contributed by atoms with Gasteiger partial charge in [0.05, 0.1) is 19.9 Å². The third-order valence-electron chi connectivity index (χ3n) is 3.50. The molecule has 0 aliphatic rings. The second-order valence-electron chi connectivity index (χ2n) is 5.39. The molecule has 2 N–H and O–H groups in total. The molecule has 0 radical (unpaired) electrons. The summed E-state index contributed by atoms with van der Waals surface area (Å²) in [6.45, 7) is -0.418. The fraction of sp³-hybridized carbons (Fsp3) is 0.263. The molecule has 0 amide bonds. The summed E-state index contributed by atoms with van der Waals surface area (Å²) in [4.78, 5) is 0. The summed E-state index contributed by atoms with van der Waals surface area (Å²) in [5.41, 5.74) is 3.97. The van der Waals surface area contributed by atoms with E-state index in [0.29, 0.717) is 18.7 Å². The van der Waals surface area contributed by atoms with Gasteiger partial charge in [-0.05, 0) is 49.0 Å². The van der Waals surface area contributed by atoms with Crippen LogP contribution in [0.15, 0.2) is 47.6 Å². The first-order valence-corrected chi connectivity index (χ1v) is 8.84. The van der Waals surface area contributed by atoms with Crippen molar-refractivity contribution in [1.82, 2.24) is 10.7 Å². The van der Waals surface area contributed by atoms with Gasteiger partial charge in [0, 0.05) is 12.1 Å². The van der Waals surface area contributed by atoms with Crippen LogP contribution in [0.3, 0.4) is 0 Å². The summed E-state index contributed by atoms with van der Waals surface area (Å²) in [7, 11) is 1.60. The minimum Gasteiger partial charge on any atom is -0.497 e. The molecule has 0 heterocycles. The number of rotatable bonds is 9. The van der Waals surface area contributed by atoms with E-state index < -0.39 is 6.61 Å². The van der Waals surface area contributed by atoms with Crippen molar-refractivity contribution in [3.8, 4) is 17.2 Å². The maximum atomic E-state index is 12.7. The number of nitrogens with zero attached hydrogens (tertiary/aromatic N) is 1. The predicted octanol–water partition coefficient (Wildman–Crippen LogP) is 3.69. The van der Waals surface area contributed by atoms with Crippen molar-refractivity contribution in [2.75, 3.05) is 13.7 Å². The van der Waals surface area contributed by atoms with E-state index in [0.717, 1.165) is 11.3 Å². The zero-order chi connectivity index (χ0) is 20.4. The number of thiocarbonyl (C=S) groups is 1. The molecule has 0 unspecified atom stereocenters. The van der Waals surface area contributed by atoms with Crippen molar-refractivity contribution in [3.63, 3.8) is 0 Å². The maximum absolute atomic E-state index is 12.7. The van der Waals surface area contributed by atoms with Crippen LogP contribution >= 0.6 is 12.2 Å². The Labute approximate surface area is 167 Å². The molecule has 9 heteroatoms. The van der Waals surface area contributed by atoms with Gasteiger partial charge in [-0.25, -0.2) is 0 Å². The Balaban J connectivity index is 1.95. The lowest BCUT2D eigenvalue weighted by molar-refractivity contribution is -0.0515. The molecule has 0 fully saturated rings. The second-order valence-corrected chi connectivity index (χ2v) is 5.80. The lowest BCUT2D eigenvalue weighted by atomic mass is 10.2. The maximum Gasteiger partial charge on any atom is 0.387 e. The smallest absolute Gasteiger partial charge is 0.387 e. The van der Waals surface area contributed by atoms with Crippen molar-refractivity contribution in [2.45, 2.75) is 20.1 Å². The van der Waals surface area contributed by atoms with Crippen molar-refractivity contribution in [1.29, 1.82) is 0 Å². The van der Waals surface area contributed by atoms with Crippen LogP contribution in [0.2, 0.25) is 0 Å². The van der Waals surface area contributed by atoms with Gasteiger partial charge < -0.3 is 19.5 Å². The highest BCUT2D eigenvalue weighted by molar-refractivity contribution is 7.80. The number of para-hydroxylation sites is 1.